The molecule has 37 heavy (non-hydrogen) atoms. The first-order chi connectivity index (χ1) is 17.2. The summed E-state index contributed by atoms with van der Waals surface area (Å²) in [6, 6.07) is 0. The van der Waals surface area contributed by atoms with Gasteiger partial charge in [0.1, 0.15) is 0 Å². The van der Waals surface area contributed by atoms with Gasteiger partial charge < -0.3 is 0 Å². The van der Waals surface area contributed by atoms with Gasteiger partial charge in [-0.2, -0.15) is 0 Å². The summed E-state index contributed by atoms with van der Waals surface area (Å²) in [6.45, 7) is 25.1. The topological polar surface area (TPSA) is 35.5 Å². The zero-order chi connectivity index (χ0) is 28.7. The molecule has 0 bridgehead atoms. The maximum atomic E-state index is 12.3. The fourth-order valence-corrected chi connectivity index (χ4v) is 23.7. The van der Waals surface area contributed by atoms with Crippen molar-refractivity contribution in [2.45, 2.75) is 151 Å². The van der Waals surface area contributed by atoms with Crippen LogP contribution in [0.1, 0.15) is 114 Å². The second-order valence-electron chi connectivity index (χ2n) is 12.8. The summed E-state index contributed by atoms with van der Waals surface area (Å²) in [6.07, 6.45) is 16.4. The Kier molecular flexibility index (Phi) is 17.9. The SMILES string of the molecule is CCC[CH2][Sn]([CH2]CCC)([CH2]CCC)[C](=C\CCC(C=C(C)C)O[Si](C)(C)C(C)(C)C)/C(C)=C/C(=O)OC. The van der Waals surface area contributed by atoms with E-state index in [1.54, 1.807) is 9.67 Å². The van der Waals surface area contributed by atoms with Crippen LogP contribution in [-0.2, 0) is 14.0 Å². The van der Waals surface area contributed by atoms with E-state index >= 15 is 0 Å². The molecule has 0 aliphatic carbocycles. The van der Waals surface area contributed by atoms with Crippen LogP contribution in [0.25, 0.3) is 0 Å². The Bertz CT molecular complexity index is 733. The van der Waals surface area contributed by atoms with Crippen molar-refractivity contribution in [1.82, 2.24) is 0 Å². The third kappa shape index (κ3) is 13.5. The van der Waals surface area contributed by atoms with Crippen LogP contribution < -0.4 is 0 Å². The Labute approximate surface area is 236 Å². The molecule has 0 fully saturated rings. The van der Waals surface area contributed by atoms with Crippen LogP contribution in [0.2, 0.25) is 31.4 Å². The minimum absolute atomic E-state index is 0.139. The zero-order valence-corrected chi connectivity index (χ0v) is 30.7. The van der Waals surface area contributed by atoms with Gasteiger partial charge in [0.15, 0.2) is 0 Å². The van der Waals surface area contributed by atoms with Gasteiger partial charge in [0.05, 0.1) is 0 Å². The van der Waals surface area contributed by atoms with Crippen molar-refractivity contribution in [3.8, 4) is 0 Å². The van der Waals surface area contributed by atoms with E-state index in [2.05, 4.69) is 87.6 Å². The van der Waals surface area contributed by atoms with Crippen molar-refractivity contribution in [1.29, 1.82) is 0 Å². The van der Waals surface area contributed by atoms with Crippen LogP contribution in [-0.4, -0.2) is 45.9 Å². The molecular weight excluding hydrogens is 579 g/mol. The first kappa shape index (κ1) is 36.7. The number of allylic oxidation sites excluding steroid dienone is 4. The number of hydrogen-bond acceptors (Lipinski definition) is 3. The van der Waals surface area contributed by atoms with Gasteiger partial charge in [-0.3, -0.25) is 0 Å². The van der Waals surface area contributed by atoms with Crippen molar-refractivity contribution >= 4 is 32.7 Å². The molecule has 0 aromatic carbocycles. The summed E-state index contributed by atoms with van der Waals surface area (Å²) >= 11 is -2.74. The van der Waals surface area contributed by atoms with Crippen molar-refractivity contribution < 1.29 is 14.0 Å². The molecule has 5 heteroatoms. The van der Waals surface area contributed by atoms with Crippen LogP contribution >= 0.6 is 0 Å². The zero-order valence-electron chi connectivity index (χ0n) is 26.8. The quantitative estimate of drug-likeness (QED) is 0.0491. The predicted octanol–water partition coefficient (Wildman–Crippen LogP) is 10.6. The molecule has 0 saturated heterocycles. The maximum absolute atomic E-state index is 12.3. The molecule has 0 radical (unpaired) electrons. The van der Waals surface area contributed by atoms with E-state index in [1.165, 1.54) is 64.5 Å². The van der Waals surface area contributed by atoms with Gasteiger partial charge in [-0.1, -0.05) is 0 Å². The Morgan fingerprint density at radius 2 is 1.41 bits per heavy atom. The number of carbonyl (C=O) groups is 1. The minimum atomic E-state index is -2.74. The van der Waals surface area contributed by atoms with E-state index in [1.807, 2.05) is 0 Å². The summed E-state index contributed by atoms with van der Waals surface area (Å²) in [5.41, 5.74) is 2.48. The van der Waals surface area contributed by atoms with Gasteiger partial charge in [0, 0.05) is 0 Å². The number of rotatable bonds is 18. The predicted molar refractivity (Wildman–Crippen MR) is 169 cm³/mol. The van der Waals surface area contributed by atoms with E-state index in [0.717, 1.165) is 18.4 Å². The summed E-state index contributed by atoms with van der Waals surface area (Å²) in [5, 5.41) is 0.188. The normalized spacial score (nSPS) is 14.5. The number of hydrogen-bond donors (Lipinski definition) is 0. The molecule has 216 valence electrons. The van der Waals surface area contributed by atoms with Gasteiger partial charge in [0.2, 0.25) is 0 Å². The van der Waals surface area contributed by atoms with E-state index in [0.29, 0.717) is 0 Å². The average Bonchev–Trinajstić information content (AvgIpc) is 2.80. The van der Waals surface area contributed by atoms with Crippen LogP contribution in [0.3, 0.4) is 0 Å². The first-order valence-electron chi connectivity index (χ1n) is 15.0. The Morgan fingerprint density at radius 1 is 0.919 bits per heavy atom. The standard InChI is InChI=1S/C20H35O3Si.3C4H9.Sn/c1-16(2)14-18(23-24(8,9)20(4,5)6)13-11-10-12-17(3)15-19(21)22-7;3*1-3-4-2;/h10,14-15,18H,11,13H2,1-9H3;3*1,3-4H2,2H3;/b12-10?,17-15+;;;;. The van der Waals surface area contributed by atoms with Gasteiger partial charge in [-0.05, 0) is 0 Å². The number of methoxy groups -OCH3 is 1. The fourth-order valence-electron chi connectivity index (χ4n) is 4.93. The van der Waals surface area contributed by atoms with Crippen LogP contribution in [0, 0.1) is 0 Å². The third-order valence-electron chi connectivity index (χ3n) is 8.13. The third-order valence-corrected chi connectivity index (χ3v) is 28.8. The van der Waals surface area contributed by atoms with Gasteiger partial charge in [0.25, 0.3) is 0 Å². The van der Waals surface area contributed by atoms with Crippen molar-refractivity contribution in [3.05, 3.63) is 33.0 Å². The van der Waals surface area contributed by atoms with E-state index in [4.69, 9.17) is 9.16 Å². The summed E-state index contributed by atoms with van der Waals surface area (Å²) < 4.78 is 17.7. The summed E-state index contributed by atoms with van der Waals surface area (Å²) in [7, 11) is -0.389. The van der Waals surface area contributed by atoms with E-state index in [9.17, 15) is 4.79 Å². The molecule has 3 nitrogen and oxygen atoms in total. The molecule has 1 atom stereocenters. The van der Waals surface area contributed by atoms with Gasteiger partial charge >= 0.3 is 238 Å². The van der Waals surface area contributed by atoms with Crippen LogP contribution in [0.4, 0.5) is 0 Å². The molecule has 1 unspecified atom stereocenters. The van der Waals surface area contributed by atoms with Crippen LogP contribution in [0.5, 0.6) is 0 Å². The summed E-state index contributed by atoms with van der Waals surface area (Å²) in [4.78, 5) is 12.3. The molecule has 0 rings (SSSR count). The fraction of sp³-hybridized carbons (Fsp3) is 0.781. The molecule has 0 N–H and O–H groups in total. The summed E-state index contributed by atoms with van der Waals surface area (Å²) in [5.74, 6) is -0.228. The second kappa shape index (κ2) is 18.1. The second-order valence-corrected chi connectivity index (χ2v) is 30.7. The molecule has 0 amide bonds. The number of esters is 1. The molecule has 0 heterocycles. The Balaban J connectivity index is 6.48. The number of carbonyl (C=O) groups excluding carboxylic acids is 1. The molecule has 0 aromatic heterocycles. The van der Waals surface area contributed by atoms with E-state index < -0.39 is 26.7 Å². The Hall–Kier alpha value is -0.334. The average molecular weight is 642 g/mol. The molecule has 0 aromatic rings. The molecular formula is C32H62O3SiSn. The molecule has 0 saturated carbocycles. The first-order valence-corrected chi connectivity index (χ1v) is 25.4. The molecule has 0 aliphatic rings. The van der Waals surface area contributed by atoms with E-state index in [-0.39, 0.29) is 17.1 Å². The molecule has 0 spiro atoms. The number of ether oxygens (including phenoxy) is 1. The van der Waals surface area contributed by atoms with Crippen LogP contribution in [0.15, 0.2) is 33.0 Å². The Morgan fingerprint density at radius 3 is 1.78 bits per heavy atom. The van der Waals surface area contributed by atoms with Crippen molar-refractivity contribution in [3.63, 3.8) is 0 Å². The van der Waals surface area contributed by atoms with Gasteiger partial charge in [-0.25, -0.2) is 0 Å². The van der Waals surface area contributed by atoms with Crippen molar-refractivity contribution in [2.75, 3.05) is 7.11 Å². The number of unbranched alkanes of at least 4 members (excludes halogenated alkanes) is 3. The van der Waals surface area contributed by atoms with Gasteiger partial charge in [-0.15, -0.1) is 0 Å². The monoisotopic (exact) mass is 642 g/mol. The van der Waals surface area contributed by atoms with Crippen molar-refractivity contribution in [2.24, 2.45) is 0 Å². The molecule has 0 aliphatic heterocycles.